The van der Waals surface area contributed by atoms with Crippen LogP contribution >= 0.6 is 12.4 Å². The summed E-state index contributed by atoms with van der Waals surface area (Å²) in [6.07, 6.45) is 4.44. The van der Waals surface area contributed by atoms with Gasteiger partial charge in [0, 0.05) is 13.2 Å². The number of fused-ring (bicyclic) bond motifs is 2. The Balaban J connectivity index is 0.00000162. The first-order valence-electron chi connectivity index (χ1n) is 6.72. The topological polar surface area (TPSA) is 64.3 Å². The first kappa shape index (κ1) is 15.7. The van der Waals surface area contributed by atoms with E-state index >= 15 is 0 Å². The van der Waals surface area contributed by atoms with Crippen molar-refractivity contribution in [3.63, 3.8) is 0 Å². The normalized spacial score (nSPS) is 35.1. The predicted octanol–water partition coefficient (Wildman–Crippen LogP) is 1.32. The standard InChI is InChI=1S/C13H24N2O2.ClH/c1-3-10(7-17-2)15-13(16)11-8-4-5-9(6-8)12(11)14;/h8-12H,3-7,14H2,1-2H3,(H,15,16);1H. The summed E-state index contributed by atoms with van der Waals surface area (Å²) in [4.78, 5) is 12.2. The van der Waals surface area contributed by atoms with Gasteiger partial charge in [0.25, 0.3) is 0 Å². The molecular weight excluding hydrogens is 252 g/mol. The van der Waals surface area contributed by atoms with Crippen LogP contribution in [0.1, 0.15) is 32.6 Å². The summed E-state index contributed by atoms with van der Waals surface area (Å²) < 4.78 is 5.10. The average molecular weight is 277 g/mol. The van der Waals surface area contributed by atoms with E-state index in [0.29, 0.717) is 18.4 Å². The van der Waals surface area contributed by atoms with Gasteiger partial charge in [0.2, 0.25) is 5.91 Å². The molecule has 106 valence electrons. The molecule has 4 nitrogen and oxygen atoms in total. The first-order valence-corrected chi connectivity index (χ1v) is 6.72. The van der Waals surface area contributed by atoms with Crippen LogP contribution in [0.15, 0.2) is 0 Å². The van der Waals surface area contributed by atoms with Crippen LogP contribution in [-0.2, 0) is 9.53 Å². The Bertz CT molecular complexity index is 286. The molecule has 5 atom stereocenters. The van der Waals surface area contributed by atoms with Gasteiger partial charge in [-0.2, -0.15) is 0 Å². The van der Waals surface area contributed by atoms with E-state index in [1.807, 2.05) is 0 Å². The Morgan fingerprint density at radius 2 is 2.11 bits per heavy atom. The Hall–Kier alpha value is -0.320. The smallest absolute Gasteiger partial charge is 0.225 e. The molecule has 0 radical (unpaired) electrons. The average Bonchev–Trinajstić information content (AvgIpc) is 2.88. The number of amides is 1. The van der Waals surface area contributed by atoms with E-state index < -0.39 is 0 Å². The van der Waals surface area contributed by atoms with E-state index in [1.165, 1.54) is 12.8 Å². The van der Waals surface area contributed by atoms with Crippen molar-refractivity contribution < 1.29 is 9.53 Å². The molecule has 0 aromatic carbocycles. The third-order valence-corrected chi connectivity index (χ3v) is 4.49. The lowest BCUT2D eigenvalue weighted by Crippen LogP contribution is -2.49. The third kappa shape index (κ3) is 2.98. The van der Waals surface area contributed by atoms with Gasteiger partial charge in [-0.1, -0.05) is 6.92 Å². The zero-order chi connectivity index (χ0) is 12.4. The van der Waals surface area contributed by atoms with Crippen LogP contribution in [0.5, 0.6) is 0 Å². The van der Waals surface area contributed by atoms with E-state index in [4.69, 9.17) is 10.5 Å². The van der Waals surface area contributed by atoms with Crippen LogP contribution < -0.4 is 11.1 Å². The van der Waals surface area contributed by atoms with Crippen molar-refractivity contribution in [1.29, 1.82) is 0 Å². The zero-order valence-electron chi connectivity index (χ0n) is 11.2. The summed E-state index contributed by atoms with van der Waals surface area (Å²) in [5, 5.41) is 3.08. The highest BCUT2D eigenvalue weighted by Gasteiger charge is 2.49. The molecule has 0 aliphatic heterocycles. The highest BCUT2D eigenvalue weighted by Crippen LogP contribution is 2.47. The molecule has 2 rings (SSSR count). The maximum atomic E-state index is 12.2. The molecule has 0 saturated heterocycles. The van der Waals surface area contributed by atoms with Gasteiger partial charge in [-0.25, -0.2) is 0 Å². The molecular formula is C13H25ClN2O2. The van der Waals surface area contributed by atoms with E-state index in [-0.39, 0.29) is 36.3 Å². The molecule has 18 heavy (non-hydrogen) atoms. The second-order valence-corrected chi connectivity index (χ2v) is 5.51. The van der Waals surface area contributed by atoms with Gasteiger partial charge in [0.15, 0.2) is 0 Å². The maximum Gasteiger partial charge on any atom is 0.225 e. The Morgan fingerprint density at radius 3 is 2.61 bits per heavy atom. The minimum Gasteiger partial charge on any atom is -0.383 e. The van der Waals surface area contributed by atoms with Gasteiger partial charge in [-0.05, 0) is 37.5 Å². The lowest BCUT2D eigenvalue weighted by Gasteiger charge is -2.28. The molecule has 0 aromatic rings. The van der Waals surface area contributed by atoms with E-state index in [2.05, 4.69) is 12.2 Å². The highest BCUT2D eigenvalue weighted by atomic mass is 35.5. The molecule has 0 heterocycles. The summed E-state index contributed by atoms with van der Waals surface area (Å²) in [6, 6.07) is 0.202. The van der Waals surface area contributed by atoms with Crippen molar-refractivity contribution in [1.82, 2.24) is 5.32 Å². The van der Waals surface area contributed by atoms with Crippen LogP contribution in [0, 0.1) is 17.8 Å². The number of nitrogens with one attached hydrogen (secondary N) is 1. The number of carbonyl (C=O) groups is 1. The van der Waals surface area contributed by atoms with Crippen LogP contribution in [0.3, 0.4) is 0 Å². The van der Waals surface area contributed by atoms with Gasteiger partial charge >= 0.3 is 0 Å². The fourth-order valence-corrected chi connectivity index (χ4v) is 3.49. The summed E-state index contributed by atoms with van der Waals surface area (Å²) in [5.74, 6) is 1.29. The van der Waals surface area contributed by atoms with Crippen molar-refractivity contribution in [2.75, 3.05) is 13.7 Å². The quantitative estimate of drug-likeness (QED) is 0.796. The van der Waals surface area contributed by atoms with Crippen molar-refractivity contribution >= 4 is 18.3 Å². The second kappa shape index (κ2) is 6.73. The first-order chi connectivity index (χ1) is 8.17. The molecule has 0 aromatic heterocycles. The van der Waals surface area contributed by atoms with Crippen molar-refractivity contribution in [2.45, 2.75) is 44.7 Å². The van der Waals surface area contributed by atoms with Crippen molar-refractivity contribution in [2.24, 2.45) is 23.5 Å². The van der Waals surface area contributed by atoms with Gasteiger partial charge in [-0.3, -0.25) is 4.79 Å². The van der Waals surface area contributed by atoms with Crippen molar-refractivity contribution in [3.05, 3.63) is 0 Å². The number of methoxy groups -OCH3 is 1. The van der Waals surface area contributed by atoms with E-state index in [0.717, 1.165) is 12.8 Å². The van der Waals surface area contributed by atoms with Gasteiger partial charge in [0.05, 0.1) is 18.6 Å². The van der Waals surface area contributed by atoms with Crippen LogP contribution in [-0.4, -0.2) is 31.7 Å². The van der Waals surface area contributed by atoms with Crippen LogP contribution in [0.25, 0.3) is 0 Å². The summed E-state index contributed by atoms with van der Waals surface area (Å²) in [7, 11) is 1.66. The second-order valence-electron chi connectivity index (χ2n) is 5.51. The zero-order valence-corrected chi connectivity index (χ0v) is 12.0. The minimum absolute atomic E-state index is 0. The molecule has 2 aliphatic carbocycles. The molecule has 0 spiro atoms. The Kier molecular flexibility index (Phi) is 5.89. The van der Waals surface area contributed by atoms with Crippen LogP contribution in [0.2, 0.25) is 0 Å². The minimum atomic E-state index is 0. The molecule has 2 fully saturated rings. The number of rotatable bonds is 5. The number of carbonyl (C=O) groups excluding carboxylic acids is 1. The Labute approximate surface area is 115 Å². The van der Waals surface area contributed by atoms with Crippen molar-refractivity contribution in [3.8, 4) is 0 Å². The molecule has 2 bridgehead atoms. The number of hydrogen-bond acceptors (Lipinski definition) is 3. The molecule has 5 heteroatoms. The van der Waals surface area contributed by atoms with Crippen LogP contribution in [0.4, 0.5) is 0 Å². The number of hydrogen-bond donors (Lipinski definition) is 2. The van der Waals surface area contributed by atoms with E-state index in [9.17, 15) is 4.79 Å². The summed E-state index contributed by atoms with van der Waals surface area (Å²) in [6.45, 7) is 2.64. The monoisotopic (exact) mass is 276 g/mol. The molecule has 2 aliphatic rings. The predicted molar refractivity (Wildman–Crippen MR) is 73.6 cm³/mol. The van der Waals surface area contributed by atoms with E-state index in [1.54, 1.807) is 7.11 Å². The maximum absolute atomic E-state index is 12.2. The van der Waals surface area contributed by atoms with Gasteiger partial charge in [-0.15, -0.1) is 12.4 Å². The SMILES string of the molecule is CCC(COC)NC(=O)C1C2CCC(C2)C1N.Cl. The number of nitrogens with two attached hydrogens (primary N) is 1. The molecule has 3 N–H and O–H groups in total. The lowest BCUT2D eigenvalue weighted by atomic mass is 9.84. The molecule has 1 amide bonds. The summed E-state index contributed by atoms with van der Waals surface area (Å²) in [5.41, 5.74) is 6.16. The highest BCUT2D eigenvalue weighted by molar-refractivity contribution is 5.85. The molecule has 5 unspecified atom stereocenters. The largest absolute Gasteiger partial charge is 0.383 e. The summed E-state index contributed by atoms with van der Waals surface area (Å²) >= 11 is 0. The fraction of sp³-hybridized carbons (Fsp3) is 0.923. The van der Waals surface area contributed by atoms with Gasteiger partial charge in [0.1, 0.15) is 0 Å². The lowest BCUT2D eigenvalue weighted by molar-refractivity contribution is -0.128. The fourth-order valence-electron chi connectivity index (χ4n) is 3.49. The number of ether oxygens (including phenoxy) is 1. The third-order valence-electron chi connectivity index (χ3n) is 4.49. The number of halogens is 1. The Morgan fingerprint density at radius 1 is 1.44 bits per heavy atom. The molecule has 2 saturated carbocycles. The van der Waals surface area contributed by atoms with Gasteiger partial charge < -0.3 is 15.8 Å².